The van der Waals surface area contributed by atoms with E-state index in [1.165, 1.54) is 0 Å². The molecule has 0 saturated carbocycles. The zero-order valence-corrected chi connectivity index (χ0v) is 6.49. The minimum Gasteiger partial charge on any atom is -0.313 e. The van der Waals surface area contributed by atoms with E-state index in [-0.39, 0.29) is 13.1 Å². The number of nitrogens with one attached hydrogen (secondary N) is 1. The lowest BCUT2D eigenvalue weighted by Crippen LogP contribution is -2.55. The van der Waals surface area contributed by atoms with Crippen molar-refractivity contribution < 1.29 is 12.3 Å². The smallest absolute Gasteiger partial charge is 0.304 e. The number of nitrogens with zero attached hydrogens (tertiary/aromatic N) is 1. The maximum atomic E-state index is 12.1. The molecule has 1 aliphatic heterocycles. The van der Waals surface area contributed by atoms with Crippen molar-refractivity contribution in [3.05, 3.63) is 0 Å². The fourth-order valence-electron chi connectivity index (χ4n) is 0.970. The standard InChI is InChI=1S/C5H7FN2O2S/c6-11(9,10)4-5(1-7)2-8-3-5/h8H,2-4H2. The summed E-state index contributed by atoms with van der Waals surface area (Å²) < 4.78 is 32.4. The van der Waals surface area contributed by atoms with Gasteiger partial charge in [-0.15, -0.1) is 3.89 Å². The Hall–Kier alpha value is -0.670. The van der Waals surface area contributed by atoms with Crippen LogP contribution in [0.3, 0.4) is 0 Å². The van der Waals surface area contributed by atoms with E-state index in [2.05, 4.69) is 5.32 Å². The third-order valence-electron chi connectivity index (χ3n) is 1.61. The van der Waals surface area contributed by atoms with E-state index in [4.69, 9.17) is 5.26 Å². The molecule has 0 aromatic rings. The lowest BCUT2D eigenvalue weighted by Gasteiger charge is -2.34. The van der Waals surface area contributed by atoms with Crippen molar-refractivity contribution in [2.75, 3.05) is 18.8 Å². The first-order valence-electron chi connectivity index (χ1n) is 3.02. The first kappa shape index (κ1) is 8.43. The van der Waals surface area contributed by atoms with Gasteiger partial charge in [-0.25, -0.2) is 0 Å². The summed E-state index contributed by atoms with van der Waals surface area (Å²) in [7, 11) is -4.52. The number of hydrogen-bond acceptors (Lipinski definition) is 4. The topological polar surface area (TPSA) is 70.0 Å². The molecule has 0 aromatic heterocycles. The molecule has 4 nitrogen and oxygen atoms in total. The van der Waals surface area contributed by atoms with Gasteiger partial charge in [-0.2, -0.15) is 13.7 Å². The van der Waals surface area contributed by atoms with Crippen LogP contribution in [0.4, 0.5) is 3.89 Å². The van der Waals surface area contributed by atoms with E-state index in [0.29, 0.717) is 0 Å². The van der Waals surface area contributed by atoms with Crippen LogP contribution in [0.5, 0.6) is 0 Å². The fraction of sp³-hybridized carbons (Fsp3) is 0.800. The van der Waals surface area contributed by atoms with Gasteiger partial charge in [-0.3, -0.25) is 0 Å². The van der Waals surface area contributed by atoms with Gasteiger partial charge in [0.1, 0.15) is 5.75 Å². The van der Waals surface area contributed by atoms with Gasteiger partial charge in [0.2, 0.25) is 0 Å². The number of rotatable bonds is 2. The quantitative estimate of drug-likeness (QED) is 0.573. The molecule has 0 unspecified atom stereocenters. The lowest BCUT2D eigenvalue weighted by molar-refractivity contribution is 0.279. The van der Waals surface area contributed by atoms with E-state index in [9.17, 15) is 12.3 Å². The Morgan fingerprint density at radius 3 is 2.27 bits per heavy atom. The van der Waals surface area contributed by atoms with Crippen LogP contribution in [0.25, 0.3) is 0 Å². The fourth-order valence-corrected chi connectivity index (χ4v) is 1.90. The second-order valence-corrected chi connectivity index (χ2v) is 4.05. The number of nitriles is 1. The SMILES string of the molecule is N#CC1(CS(=O)(=O)F)CNC1. The Morgan fingerprint density at radius 1 is 1.64 bits per heavy atom. The third kappa shape index (κ3) is 1.88. The van der Waals surface area contributed by atoms with Gasteiger partial charge in [0.25, 0.3) is 0 Å². The molecule has 1 N–H and O–H groups in total. The van der Waals surface area contributed by atoms with Gasteiger partial charge in [0, 0.05) is 13.1 Å². The van der Waals surface area contributed by atoms with Gasteiger partial charge >= 0.3 is 10.2 Å². The van der Waals surface area contributed by atoms with Crippen LogP contribution < -0.4 is 5.32 Å². The molecule has 0 bridgehead atoms. The molecule has 1 saturated heterocycles. The first-order chi connectivity index (χ1) is 4.97. The zero-order valence-electron chi connectivity index (χ0n) is 5.67. The van der Waals surface area contributed by atoms with Crippen molar-refractivity contribution in [2.45, 2.75) is 0 Å². The molecule has 1 aliphatic rings. The van der Waals surface area contributed by atoms with Gasteiger partial charge in [-0.05, 0) is 0 Å². The molecule has 1 heterocycles. The predicted molar refractivity (Wildman–Crippen MR) is 35.8 cm³/mol. The Labute approximate surface area is 64.2 Å². The molecule has 1 fully saturated rings. The second kappa shape index (κ2) is 2.43. The summed E-state index contributed by atoms with van der Waals surface area (Å²) in [5, 5.41) is 11.2. The predicted octanol–water partition coefficient (Wildman–Crippen LogP) is -0.601. The molecule has 0 aromatic carbocycles. The van der Waals surface area contributed by atoms with E-state index < -0.39 is 21.4 Å². The Kier molecular flexibility index (Phi) is 1.86. The van der Waals surface area contributed by atoms with Gasteiger partial charge in [0.15, 0.2) is 0 Å². The van der Waals surface area contributed by atoms with Crippen LogP contribution in [-0.4, -0.2) is 27.3 Å². The normalized spacial score (nSPS) is 21.8. The summed E-state index contributed by atoms with van der Waals surface area (Å²) in [6, 6.07) is 1.79. The minimum absolute atomic E-state index is 0.257. The molecule has 0 amide bonds. The summed E-state index contributed by atoms with van der Waals surface area (Å²) in [5.41, 5.74) is -1.02. The Bertz CT molecular complexity index is 288. The summed E-state index contributed by atoms with van der Waals surface area (Å²) in [6.07, 6.45) is 0. The first-order valence-corrected chi connectivity index (χ1v) is 4.57. The van der Waals surface area contributed by atoms with E-state index in [1.54, 1.807) is 6.07 Å². The molecule has 0 radical (unpaired) electrons. The second-order valence-electron chi connectivity index (χ2n) is 2.68. The van der Waals surface area contributed by atoms with Crippen molar-refractivity contribution in [1.82, 2.24) is 5.32 Å². The van der Waals surface area contributed by atoms with Gasteiger partial charge < -0.3 is 5.32 Å². The Balaban J connectivity index is 2.69. The monoisotopic (exact) mass is 178 g/mol. The molecule has 0 spiro atoms. The van der Waals surface area contributed by atoms with Crippen molar-refractivity contribution in [1.29, 1.82) is 5.26 Å². The van der Waals surface area contributed by atoms with Gasteiger partial charge in [0.05, 0.1) is 11.5 Å². The van der Waals surface area contributed by atoms with E-state index >= 15 is 0 Å². The maximum absolute atomic E-state index is 12.1. The van der Waals surface area contributed by atoms with Crippen LogP contribution >= 0.6 is 0 Å². The summed E-state index contributed by atoms with van der Waals surface area (Å²) in [4.78, 5) is 0. The van der Waals surface area contributed by atoms with Crippen LogP contribution in [-0.2, 0) is 10.2 Å². The average molecular weight is 178 g/mol. The number of halogens is 1. The summed E-state index contributed by atoms with van der Waals surface area (Å²) in [5.74, 6) is -0.691. The third-order valence-corrected chi connectivity index (χ3v) is 2.51. The van der Waals surface area contributed by atoms with Crippen molar-refractivity contribution >= 4 is 10.2 Å². The summed E-state index contributed by atoms with van der Waals surface area (Å²) >= 11 is 0. The Morgan fingerprint density at radius 2 is 2.18 bits per heavy atom. The average Bonchev–Trinajstić information content (AvgIpc) is 1.77. The largest absolute Gasteiger partial charge is 0.313 e. The highest BCUT2D eigenvalue weighted by molar-refractivity contribution is 7.86. The van der Waals surface area contributed by atoms with Crippen molar-refractivity contribution in [3.8, 4) is 6.07 Å². The molecule has 62 valence electrons. The molecule has 0 aliphatic carbocycles. The van der Waals surface area contributed by atoms with Crippen molar-refractivity contribution in [2.24, 2.45) is 5.41 Å². The molecule has 6 heteroatoms. The highest BCUT2D eigenvalue weighted by atomic mass is 32.3. The highest BCUT2D eigenvalue weighted by Crippen LogP contribution is 2.23. The molecule has 11 heavy (non-hydrogen) atoms. The molecule has 1 rings (SSSR count). The maximum Gasteiger partial charge on any atom is 0.304 e. The number of hydrogen-bond donors (Lipinski definition) is 1. The highest BCUT2D eigenvalue weighted by Gasteiger charge is 2.41. The van der Waals surface area contributed by atoms with E-state index in [0.717, 1.165) is 0 Å². The molecule has 0 atom stereocenters. The van der Waals surface area contributed by atoms with Crippen molar-refractivity contribution in [3.63, 3.8) is 0 Å². The molecular formula is C5H7FN2O2S. The summed E-state index contributed by atoms with van der Waals surface area (Å²) in [6.45, 7) is 0.513. The van der Waals surface area contributed by atoms with E-state index in [1.807, 2.05) is 0 Å². The zero-order chi connectivity index (χ0) is 8.54. The minimum atomic E-state index is -4.52. The van der Waals surface area contributed by atoms with Crippen LogP contribution in [0.2, 0.25) is 0 Å². The molecular weight excluding hydrogens is 171 g/mol. The van der Waals surface area contributed by atoms with Crippen LogP contribution in [0, 0.1) is 16.7 Å². The van der Waals surface area contributed by atoms with Crippen LogP contribution in [0.15, 0.2) is 0 Å². The lowest BCUT2D eigenvalue weighted by atomic mass is 9.86. The van der Waals surface area contributed by atoms with Crippen LogP contribution in [0.1, 0.15) is 0 Å². The van der Waals surface area contributed by atoms with Gasteiger partial charge in [-0.1, -0.05) is 0 Å².